The van der Waals surface area contributed by atoms with Gasteiger partial charge in [0.1, 0.15) is 30.5 Å². The van der Waals surface area contributed by atoms with Crippen LogP contribution in [0.4, 0.5) is 33.9 Å². The Balaban J connectivity index is 1.68. The summed E-state index contributed by atoms with van der Waals surface area (Å²) >= 11 is 0. The first kappa shape index (κ1) is 25.0. The topological polar surface area (TPSA) is 80.8 Å². The Morgan fingerprint density at radius 1 is 1.11 bits per heavy atom. The molecule has 0 unspecified atom stereocenters. The number of hydrogen-bond donors (Lipinski definition) is 1. The minimum Gasteiger partial charge on any atom is -0.474 e. The van der Waals surface area contributed by atoms with Gasteiger partial charge in [-0.15, -0.1) is 0 Å². The number of fused-ring (bicyclic) bond motifs is 1. The van der Waals surface area contributed by atoms with Crippen LogP contribution < -0.4 is 15.0 Å². The van der Waals surface area contributed by atoms with E-state index in [0.717, 1.165) is 5.56 Å². The number of nitrogens with one attached hydrogen (secondary N) is 1. The number of carbonyl (C=O) groups is 2. The minimum atomic E-state index is -5.15. The standard InChI is InChI=1S/C25H21F4N3O4/c1-15-13-35-22-20(32(15)24(34)36-14-17-5-3-2-4-6-17)12-18(11-16-7-9-19(26)10-8-16)21(30-22)31-23(33)25(27,28)29/h2-10,12,15H,11,13-14H2,1H3,(H,30,31,33)/t15-/m0/s1. The molecule has 1 aromatic heterocycles. The third-order valence-corrected chi connectivity index (χ3v) is 5.41. The number of ether oxygens (including phenoxy) is 2. The fraction of sp³-hybridized carbons (Fsp3) is 0.240. The zero-order valence-corrected chi connectivity index (χ0v) is 19.0. The van der Waals surface area contributed by atoms with Crippen LogP contribution in [-0.4, -0.2) is 35.8 Å². The van der Waals surface area contributed by atoms with Gasteiger partial charge in [-0.05, 0) is 36.2 Å². The van der Waals surface area contributed by atoms with Gasteiger partial charge in [-0.25, -0.2) is 9.18 Å². The predicted octanol–water partition coefficient (Wildman–Crippen LogP) is 5.24. The average molecular weight is 503 g/mol. The number of hydrogen-bond acceptors (Lipinski definition) is 5. The number of nitrogens with zero attached hydrogens (tertiary/aromatic N) is 2. The summed E-state index contributed by atoms with van der Waals surface area (Å²) in [5, 5.41) is 1.77. The first-order chi connectivity index (χ1) is 17.1. The van der Waals surface area contributed by atoms with Crippen molar-refractivity contribution >= 4 is 23.5 Å². The van der Waals surface area contributed by atoms with E-state index in [4.69, 9.17) is 9.47 Å². The van der Waals surface area contributed by atoms with Gasteiger partial charge in [-0.1, -0.05) is 42.5 Å². The summed E-state index contributed by atoms with van der Waals surface area (Å²) in [5.74, 6) is -3.21. The molecule has 1 aliphatic heterocycles. The summed E-state index contributed by atoms with van der Waals surface area (Å²) in [6.07, 6.45) is -5.85. The summed E-state index contributed by atoms with van der Waals surface area (Å²) < 4.78 is 63.2. The van der Waals surface area contributed by atoms with Crippen LogP contribution in [-0.2, 0) is 22.6 Å². The zero-order chi connectivity index (χ0) is 25.9. The SMILES string of the molecule is C[C@H]1COc2nc(NC(=O)C(F)(F)F)c(Cc3ccc(F)cc3)cc2N1C(=O)OCc1ccccc1. The molecule has 188 valence electrons. The highest BCUT2D eigenvalue weighted by molar-refractivity contribution is 5.96. The van der Waals surface area contributed by atoms with Crippen molar-refractivity contribution in [1.82, 2.24) is 4.98 Å². The molecule has 0 aliphatic carbocycles. The highest BCUT2D eigenvalue weighted by atomic mass is 19.4. The van der Waals surface area contributed by atoms with E-state index < -0.39 is 30.0 Å². The number of benzene rings is 2. The summed E-state index contributed by atoms with van der Waals surface area (Å²) in [7, 11) is 0. The van der Waals surface area contributed by atoms with Crippen molar-refractivity contribution in [3.63, 3.8) is 0 Å². The number of pyridine rings is 1. The maximum absolute atomic E-state index is 13.3. The van der Waals surface area contributed by atoms with Crippen LogP contribution in [0.1, 0.15) is 23.6 Å². The molecule has 1 atom stereocenters. The molecular weight excluding hydrogens is 482 g/mol. The van der Waals surface area contributed by atoms with E-state index in [2.05, 4.69) is 4.98 Å². The third kappa shape index (κ3) is 5.73. The van der Waals surface area contributed by atoms with Gasteiger partial charge < -0.3 is 14.8 Å². The number of carbonyl (C=O) groups excluding carboxylic acids is 2. The summed E-state index contributed by atoms with van der Waals surface area (Å²) in [6, 6.07) is 15.3. The molecule has 0 bridgehead atoms. The normalized spacial score (nSPS) is 15.0. The molecule has 0 fully saturated rings. The third-order valence-electron chi connectivity index (χ3n) is 5.41. The van der Waals surface area contributed by atoms with E-state index in [1.54, 1.807) is 36.5 Å². The molecular formula is C25H21F4N3O4. The summed E-state index contributed by atoms with van der Waals surface area (Å²) in [6.45, 7) is 1.73. The first-order valence-corrected chi connectivity index (χ1v) is 10.9. The highest BCUT2D eigenvalue weighted by Crippen LogP contribution is 2.37. The van der Waals surface area contributed by atoms with E-state index in [-0.39, 0.29) is 42.6 Å². The van der Waals surface area contributed by atoms with Crippen LogP contribution in [0.5, 0.6) is 5.88 Å². The summed E-state index contributed by atoms with van der Waals surface area (Å²) in [4.78, 5) is 30.0. The van der Waals surface area contributed by atoms with Crippen molar-refractivity contribution in [2.24, 2.45) is 0 Å². The molecule has 0 saturated carbocycles. The molecule has 36 heavy (non-hydrogen) atoms. The van der Waals surface area contributed by atoms with Crippen molar-refractivity contribution in [3.8, 4) is 5.88 Å². The molecule has 0 spiro atoms. The van der Waals surface area contributed by atoms with Gasteiger partial charge in [0.05, 0.1) is 6.04 Å². The predicted molar refractivity (Wildman–Crippen MR) is 122 cm³/mol. The number of aromatic nitrogens is 1. The van der Waals surface area contributed by atoms with Crippen LogP contribution in [0.25, 0.3) is 0 Å². The average Bonchev–Trinajstić information content (AvgIpc) is 2.84. The first-order valence-electron chi connectivity index (χ1n) is 10.9. The van der Waals surface area contributed by atoms with Crippen LogP contribution >= 0.6 is 0 Å². The minimum absolute atomic E-state index is 0.00437. The van der Waals surface area contributed by atoms with E-state index in [1.165, 1.54) is 35.2 Å². The zero-order valence-electron chi connectivity index (χ0n) is 19.0. The van der Waals surface area contributed by atoms with Crippen LogP contribution in [0.2, 0.25) is 0 Å². The Bertz CT molecular complexity index is 1250. The van der Waals surface area contributed by atoms with Crippen molar-refractivity contribution in [2.75, 3.05) is 16.8 Å². The van der Waals surface area contributed by atoms with Crippen molar-refractivity contribution in [2.45, 2.75) is 32.2 Å². The number of halogens is 4. The number of anilines is 2. The van der Waals surface area contributed by atoms with Crippen molar-refractivity contribution < 1.29 is 36.6 Å². The molecule has 2 amide bonds. The van der Waals surface area contributed by atoms with E-state index in [9.17, 15) is 27.2 Å². The monoisotopic (exact) mass is 503 g/mol. The summed E-state index contributed by atoms with van der Waals surface area (Å²) in [5.41, 5.74) is 1.65. The largest absolute Gasteiger partial charge is 0.474 e. The fourth-order valence-electron chi connectivity index (χ4n) is 3.63. The molecule has 3 aromatic rings. The lowest BCUT2D eigenvalue weighted by atomic mass is 10.0. The van der Waals surface area contributed by atoms with Gasteiger partial charge in [-0.2, -0.15) is 18.2 Å². The van der Waals surface area contributed by atoms with Crippen LogP contribution in [0.3, 0.4) is 0 Å². The van der Waals surface area contributed by atoms with E-state index in [1.807, 2.05) is 6.07 Å². The van der Waals surface area contributed by atoms with E-state index in [0.29, 0.717) is 5.56 Å². The highest BCUT2D eigenvalue weighted by Gasteiger charge is 2.40. The Labute approximate surface area is 203 Å². The second kappa shape index (κ2) is 10.2. The molecule has 0 saturated heterocycles. The van der Waals surface area contributed by atoms with Crippen LogP contribution in [0, 0.1) is 5.82 Å². The van der Waals surface area contributed by atoms with Gasteiger partial charge in [0.2, 0.25) is 5.88 Å². The maximum atomic E-state index is 13.3. The Hall–Kier alpha value is -4.15. The quantitative estimate of drug-likeness (QED) is 0.482. The lowest BCUT2D eigenvalue weighted by Gasteiger charge is -2.34. The lowest BCUT2D eigenvalue weighted by Crippen LogP contribution is -2.45. The molecule has 2 aromatic carbocycles. The number of rotatable bonds is 5. The molecule has 2 heterocycles. The Morgan fingerprint density at radius 2 is 1.81 bits per heavy atom. The van der Waals surface area contributed by atoms with E-state index >= 15 is 0 Å². The molecule has 7 nitrogen and oxygen atoms in total. The number of amides is 2. The molecule has 1 N–H and O–H groups in total. The Morgan fingerprint density at radius 3 is 2.47 bits per heavy atom. The van der Waals surface area contributed by atoms with Gasteiger partial charge in [0, 0.05) is 12.0 Å². The molecule has 4 rings (SSSR count). The lowest BCUT2D eigenvalue weighted by molar-refractivity contribution is -0.167. The van der Waals surface area contributed by atoms with Gasteiger partial charge >= 0.3 is 18.2 Å². The van der Waals surface area contributed by atoms with Gasteiger partial charge in [0.25, 0.3) is 0 Å². The van der Waals surface area contributed by atoms with Gasteiger partial charge in [-0.3, -0.25) is 9.69 Å². The molecule has 0 radical (unpaired) electrons. The molecule has 1 aliphatic rings. The van der Waals surface area contributed by atoms with Gasteiger partial charge in [0.15, 0.2) is 0 Å². The Kier molecular flexibility index (Phi) is 7.09. The number of alkyl halides is 3. The second-order valence-electron chi connectivity index (χ2n) is 8.15. The smallest absolute Gasteiger partial charge is 0.471 e. The van der Waals surface area contributed by atoms with Crippen molar-refractivity contribution in [1.29, 1.82) is 0 Å². The fourth-order valence-corrected chi connectivity index (χ4v) is 3.63. The molecule has 11 heteroatoms. The maximum Gasteiger partial charge on any atom is 0.471 e. The van der Waals surface area contributed by atoms with Crippen molar-refractivity contribution in [3.05, 3.63) is 83.2 Å². The van der Waals surface area contributed by atoms with Crippen LogP contribution in [0.15, 0.2) is 60.7 Å². The second-order valence-corrected chi connectivity index (χ2v) is 8.15.